The standard InChI is InChI=1S/C19H20Cl2N2O3/c1-12-5-7-15(11-17(12)22-13(2)24)23-19(25)4-3-9-26-18-8-6-14(20)10-16(18)21/h5-8,10-11H,3-4,9H2,1-2H3,(H,22,24)(H,23,25). The topological polar surface area (TPSA) is 67.4 Å². The van der Waals surface area contributed by atoms with Gasteiger partial charge >= 0.3 is 0 Å². The lowest BCUT2D eigenvalue weighted by atomic mass is 10.1. The first-order chi connectivity index (χ1) is 12.3. The zero-order chi connectivity index (χ0) is 19.1. The molecule has 2 N–H and O–H groups in total. The van der Waals surface area contributed by atoms with Crippen LogP contribution < -0.4 is 15.4 Å². The molecule has 0 unspecified atom stereocenters. The highest BCUT2D eigenvalue weighted by atomic mass is 35.5. The molecular formula is C19H20Cl2N2O3. The molecule has 2 aromatic rings. The van der Waals surface area contributed by atoms with E-state index in [2.05, 4.69) is 10.6 Å². The summed E-state index contributed by atoms with van der Waals surface area (Å²) in [6.07, 6.45) is 0.837. The lowest BCUT2D eigenvalue weighted by Crippen LogP contribution is -2.14. The number of ether oxygens (including phenoxy) is 1. The van der Waals surface area contributed by atoms with Gasteiger partial charge in [0.1, 0.15) is 5.75 Å². The van der Waals surface area contributed by atoms with Gasteiger partial charge in [0.15, 0.2) is 0 Å². The summed E-state index contributed by atoms with van der Waals surface area (Å²) in [6.45, 7) is 3.69. The molecule has 0 aromatic heterocycles. The van der Waals surface area contributed by atoms with Crippen LogP contribution >= 0.6 is 23.2 Å². The number of rotatable bonds is 7. The van der Waals surface area contributed by atoms with E-state index in [1.54, 1.807) is 30.3 Å². The van der Waals surface area contributed by atoms with Crippen LogP contribution in [-0.2, 0) is 9.59 Å². The predicted octanol–water partition coefficient (Wildman–Crippen LogP) is 5.06. The second-order valence-electron chi connectivity index (χ2n) is 5.79. The van der Waals surface area contributed by atoms with E-state index in [4.69, 9.17) is 27.9 Å². The van der Waals surface area contributed by atoms with E-state index >= 15 is 0 Å². The number of benzene rings is 2. The van der Waals surface area contributed by atoms with Gasteiger partial charge in [0.2, 0.25) is 11.8 Å². The van der Waals surface area contributed by atoms with Crippen molar-refractivity contribution >= 4 is 46.4 Å². The molecule has 0 spiro atoms. The van der Waals surface area contributed by atoms with Gasteiger partial charge in [0.25, 0.3) is 0 Å². The van der Waals surface area contributed by atoms with Gasteiger partial charge in [-0.05, 0) is 49.2 Å². The first-order valence-corrected chi connectivity index (χ1v) is 8.86. The monoisotopic (exact) mass is 394 g/mol. The maximum Gasteiger partial charge on any atom is 0.224 e. The fraction of sp³-hybridized carbons (Fsp3) is 0.263. The Morgan fingerprint density at radius 3 is 2.54 bits per heavy atom. The number of hydrogen-bond donors (Lipinski definition) is 2. The fourth-order valence-corrected chi connectivity index (χ4v) is 2.72. The third kappa shape index (κ3) is 6.24. The van der Waals surface area contributed by atoms with Crippen molar-refractivity contribution in [1.82, 2.24) is 0 Å². The molecule has 26 heavy (non-hydrogen) atoms. The molecule has 0 aliphatic rings. The molecule has 2 amide bonds. The van der Waals surface area contributed by atoms with Crippen LogP contribution in [0, 0.1) is 6.92 Å². The lowest BCUT2D eigenvalue weighted by molar-refractivity contribution is -0.116. The maximum atomic E-state index is 12.1. The Morgan fingerprint density at radius 2 is 1.85 bits per heavy atom. The molecule has 0 heterocycles. The number of carbonyl (C=O) groups is 2. The summed E-state index contributed by atoms with van der Waals surface area (Å²) in [5, 5.41) is 6.52. The Kier molecular flexibility index (Phi) is 7.30. The van der Waals surface area contributed by atoms with E-state index in [0.29, 0.717) is 46.6 Å². The minimum Gasteiger partial charge on any atom is -0.492 e. The second-order valence-corrected chi connectivity index (χ2v) is 6.63. The normalized spacial score (nSPS) is 10.3. The van der Waals surface area contributed by atoms with E-state index in [1.807, 2.05) is 13.0 Å². The van der Waals surface area contributed by atoms with E-state index in [9.17, 15) is 9.59 Å². The molecule has 0 atom stereocenters. The van der Waals surface area contributed by atoms with Crippen LogP contribution in [0.15, 0.2) is 36.4 Å². The van der Waals surface area contributed by atoms with Crippen molar-refractivity contribution in [2.75, 3.05) is 17.2 Å². The first-order valence-electron chi connectivity index (χ1n) is 8.11. The van der Waals surface area contributed by atoms with Crippen molar-refractivity contribution in [3.63, 3.8) is 0 Å². The highest BCUT2D eigenvalue weighted by molar-refractivity contribution is 6.35. The van der Waals surface area contributed by atoms with Crippen molar-refractivity contribution in [3.05, 3.63) is 52.0 Å². The Hall–Kier alpha value is -2.24. The molecule has 2 aromatic carbocycles. The molecule has 0 radical (unpaired) electrons. The van der Waals surface area contributed by atoms with Gasteiger partial charge in [-0.25, -0.2) is 0 Å². The summed E-state index contributed by atoms with van der Waals surface area (Å²) in [5.74, 6) is 0.248. The van der Waals surface area contributed by atoms with Crippen molar-refractivity contribution in [2.45, 2.75) is 26.7 Å². The fourth-order valence-electron chi connectivity index (χ4n) is 2.25. The van der Waals surface area contributed by atoms with Gasteiger partial charge < -0.3 is 15.4 Å². The number of carbonyl (C=O) groups excluding carboxylic acids is 2. The molecule has 0 fully saturated rings. The summed E-state index contributed by atoms with van der Waals surface area (Å²) < 4.78 is 5.55. The third-order valence-electron chi connectivity index (χ3n) is 3.53. The Balaban J connectivity index is 1.81. The lowest BCUT2D eigenvalue weighted by Gasteiger charge is -2.11. The zero-order valence-corrected chi connectivity index (χ0v) is 16.1. The molecule has 0 saturated carbocycles. The van der Waals surface area contributed by atoms with Crippen LogP contribution in [0.25, 0.3) is 0 Å². The van der Waals surface area contributed by atoms with E-state index < -0.39 is 0 Å². The third-order valence-corrected chi connectivity index (χ3v) is 4.06. The number of anilines is 2. The predicted molar refractivity (Wildman–Crippen MR) is 105 cm³/mol. The van der Waals surface area contributed by atoms with Gasteiger partial charge in [-0.1, -0.05) is 29.3 Å². The van der Waals surface area contributed by atoms with Gasteiger partial charge in [-0.2, -0.15) is 0 Å². The zero-order valence-electron chi connectivity index (χ0n) is 14.6. The Bertz CT molecular complexity index is 809. The minimum absolute atomic E-state index is 0.131. The quantitative estimate of drug-likeness (QED) is 0.644. The highest BCUT2D eigenvalue weighted by Crippen LogP contribution is 2.27. The largest absolute Gasteiger partial charge is 0.492 e. The van der Waals surface area contributed by atoms with Crippen molar-refractivity contribution in [1.29, 1.82) is 0 Å². The molecule has 0 aliphatic carbocycles. The van der Waals surface area contributed by atoms with Crippen molar-refractivity contribution < 1.29 is 14.3 Å². The van der Waals surface area contributed by atoms with Gasteiger partial charge in [0.05, 0.1) is 11.6 Å². The molecule has 2 rings (SSSR count). The van der Waals surface area contributed by atoms with Gasteiger partial charge in [-0.15, -0.1) is 0 Å². The van der Waals surface area contributed by atoms with Crippen LogP contribution in [0.2, 0.25) is 10.0 Å². The number of amides is 2. The van der Waals surface area contributed by atoms with Crippen LogP contribution in [-0.4, -0.2) is 18.4 Å². The molecule has 0 saturated heterocycles. The SMILES string of the molecule is CC(=O)Nc1cc(NC(=O)CCCOc2ccc(Cl)cc2Cl)ccc1C. The minimum atomic E-state index is -0.158. The van der Waals surface area contributed by atoms with Crippen molar-refractivity contribution in [3.8, 4) is 5.75 Å². The molecule has 5 nitrogen and oxygen atoms in total. The van der Waals surface area contributed by atoms with Crippen molar-refractivity contribution in [2.24, 2.45) is 0 Å². The summed E-state index contributed by atoms with van der Waals surface area (Å²) >= 11 is 11.9. The Morgan fingerprint density at radius 1 is 1.08 bits per heavy atom. The summed E-state index contributed by atoms with van der Waals surface area (Å²) in [4.78, 5) is 23.3. The number of halogens is 2. The van der Waals surface area contributed by atoms with Crippen LogP contribution in [0.1, 0.15) is 25.3 Å². The molecule has 0 aliphatic heterocycles. The first kappa shape index (κ1) is 20.1. The van der Waals surface area contributed by atoms with E-state index in [0.717, 1.165) is 5.56 Å². The second kappa shape index (κ2) is 9.46. The molecular weight excluding hydrogens is 375 g/mol. The van der Waals surface area contributed by atoms with Crippen LogP contribution in [0.3, 0.4) is 0 Å². The maximum absolute atomic E-state index is 12.1. The summed E-state index contributed by atoms with van der Waals surface area (Å²) in [6, 6.07) is 10.4. The number of hydrogen-bond acceptors (Lipinski definition) is 3. The number of aryl methyl sites for hydroxylation is 1. The Labute approximate surface area is 162 Å². The average molecular weight is 395 g/mol. The number of nitrogens with one attached hydrogen (secondary N) is 2. The van der Waals surface area contributed by atoms with Crippen LogP contribution in [0.5, 0.6) is 5.75 Å². The van der Waals surface area contributed by atoms with E-state index in [-0.39, 0.29) is 11.8 Å². The van der Waals surface area contributed by atoms with Gasteiger partial charge in [0, 0.05) is 29.7 Å². The molecule has 7 heteroatoms. The smallest absolute Gasteiger partial charge is 0.224 e. The summed E-state index contributed by atoms with van der Waals surface area (Å²) in [7, 11) is 0. The van der Waals surface area contributed by atoms with Crippen LogP contribution in [0.4, 0.5) is 11.4 Å². The molecule has 0 bridgehead atoms. The van der Waals surface area contributed by atoms with E-state index in [1.165, 1.54) is 6.92 Å². The summed E-state index contributed by atoms with van der Waals surface area (Å²) in [5.41, 5.74) is 2.23. The molecule has 138 valence electrons. The van der Waals surface area contributed by atoms with Gasteiger partial charge in [-0.3, -0.25) is 9.59 Å². The average Bonchev–Trinajstić information content (AvgIpc) is 2.56. The highest BCUT2D eigenvalue weighted by Gasteiger charge is 2.07.